The molecule has 0 spiro atoms. The molecule has 2 bridgehead atoms. The van der Waals surface area contributed by atoms with Crippen molar-refractivity contribution in [1.82, 2.24) is 0 Å². The summed E-state index contributed by atoms with van der Waals surface area (Å²) in [7, 11) is 0. The van der Waals surface area contributed by atoms with Crippen LogP contribution in [0.2, 0.25) is 0 Å². The smallest absolute Gasteiger partial charge is 0.311 e. The largest absolute Gasteiger partial charge is 0.465 e. The summed E-state index contributed by atoms with van der Waals surface area (Å²) < 4.78 is 15.9. The Kier molecular flexibility index (Phi) is 4.58. The van der Waals surface area contributed by atoms with Crippen molar-refractivity contribution >= 4 is 17.9 Å². The van der Waals surface area contributed by atoms with E-state index in [1.165, 1.54) is 0 Å². The first-order valence-corrected chi connectivity index (χ1v) is 8.89. The first-order valence-electron chi connectivity index (χ1n) is 8.89. The topological polar surface area (TPSA) is 78.9 Å². The van der Waals surface area contributed by atoms with E-state index in [2.05, 4.69) is 0 Å². The van der Waals surface area contributed by atoms with E-state index in [0.717, 1.165) is 12.8 Å². The molecule has 0 amide bonds. The molecule has 0 radical (unpaired) electrons. The minimum absolute atomic E-state index is 0.0258. The molecule has 5 unspecified atom stereocenters. The Morgan fingerprint density at radius 2 is 1.92 bits per heavy atom. The van der Waals surface area contributed by atoms with Gasteiger partial charge in [0.1, 0.15) is 6.10 Å². The van der Waals surface area contributed by atoms with E-state index in [9.17, 15) is 14.4 Å². The molecule has 5 atom stereocenters. The molecule has 0 N–H and O–H groups in total. The number of fused-ring (bicyclic) bond motifs is 1. The Bertz CT molecular complexity index is 538. The van der Waals surface area contributed by atoms with E-state index >= 15 is 0 Å². The Morgan fingerprint density at radius 3 is 2.62 bits per heavy atom. The van der Waals surface area contributed by atoms with Gasteiger partial charge in [-0.05, 0) is 39.0 Å². The predicted molar refractivity (Wildman–Crippen MR) is 83.7 cm³/mol. The standard InChI is InChI=1S/C18H26O6/c1-4-18(2,3)17(21)23-7-5-6-22-15(19)13-10-8-11-12(9-10)24-16(20)14(11)13/h10-14H,4-9H2,1-3H3. The molecule has 3 fully saturated rings. The zero-order chi connectivity index (χ0) is 17.5. The van der Waals surface area contributed by atoms with Crippen LogP contribution < -0.4 is 0 Å². The van der Waals surface area contributed by atoms with Crippen molar-refractivity contribution in [2.24, 2.45) is 29.1 Å². The van der Waals surface area contributed by atoms with Gasteiger partial charge in [0.15, 0.2) is 0 Å². The number of ether oxygens (including phenoxy) is 3. The Labute approximate surface area is 142 Å². The second-order valence-electron chi connectivity index (χ2n) is 7.82. The molecule has 1 heterocycles. The average molecular weight is 338 g/mol. The van der Waals surface area contributed by atoms with E-state index in [0.29, 0.717) is 12.8 Å². The number of carbonyl (C=O) groups is 3. The number of hydrogen-bond donors (Lipinski definition) is 0. The number of rotatable bonds is 7. The van der Waals surface area contributed by atoms with Gasteiger partial charge in [0, 0.05) is 12.3 Å². The molecule has 1 saturated heterocycles. The van der Waals surface area contributed by atoms with Gasteiger partial charge in [-0.1, -0.05) is 6.92 Å². The predicted octanol–water partition coefficient (Wildman–Crippen LogP) is 2.10. The van der Waals surface area contributed by atoms with Crippen molar-refractivity contribution < 1.29 is 28.6 Å². The highest BCUT2D eigenvalue weighted by atomic mass is 16.6. The van der Waals surface area contributed by atoms with Crippen molar-refractivity contribution in [3.8, 4) is 0 Å². The normalized spacial score (nSPS) is 33.5. The third-order valence-corrected chi connectivity index (χ3v) is 5.96. The van der Waals surface area contributed by atoms with Gasteiger partial charge in [-0.25, -0.2) is 0 Å². The Morgan fingerprint density at radius 1 is 1.21 bits per heavy atom. The van der Waals surface area contributed by atoms with Gasteiger partial charge in [0.25, 0.3) is 0 Å². The molecule has 3 aliphatic rings. The molecule has 1 aliphatic heterocycles. The first-order chi connectivity index (χ1) is 11.3. The quantitative estimate of drug-likeness (QED) is 0.402. The van der Waals surface area contributed by atoms with Crippen LogP contribution >= 0.6 is 0 Å². The van der Waals surface area contributed by atoms with Crippen LogP contribution in [0.15, 0.2) is 0 Å². The van der Waals surface area contributed by atoms with Crippen LogP contribution in [0.5, 0.6) is 0 Å². The van der Waals surface area contributed by atoms with Crippen LogP contribution in [0.4, 0.5) is 0 Å². The van der Waals surface area contributed by atoms with Gasteiger partial charge >= 0.3 is 17.9 Å². The van der Waals surface area contributed by atoms with Crippen LogP contribution in [0.25, 0.3) is 0 Å². The molecule has 2 aliphatic carbocycles. The average Bonchev–Trinajstić information content (AvgIpc) is 3.15. The van der Waals surface area contributed by atoms with Gasteiger partial charge in [-0.2, -0.15) is 0 Å². The fourth-order valence-electron chi connectivity index (χ4n) is 4.16. The monoisotopic (exact) mass is 338 g/mol. The molecule has 3 rings (SSSR count). The number of hydrogen-bond acceptors (Lipinski definition) is 6. The van der Waals surface area contributed by atoms with Crippen LogP contribution in [0, 0.1) is 29.1 Å². The summed E-state index contributed by atoms with van der Waals surface area (Å²) >= 11 is 0. The van der Waals surface area contributed by atoms with Gasteiger partial charge in [0.05, 0.1) is 30.5 Å². The molecule has 24 heavy (non-hydrogen) atoms. The third-order valence-electron chi connectivity index (χ3n) is 5.96. The highest BCUT2D eigenvalue weighted by molar-refractivity contribution is 5.85. The summed E-state index contributed by atoms with van der Waals surface area (Å²) in [6.07, 6.45) is 2.89. The maximum Gasteiger partial charge on any atom is 0.311 e. The molecular weight excluding hydrogens is 312 g/mol. The van der Waals surface area contributed by atoms with Crippen molar-refractivity contribution in [3.05, 3.63) is 0 Å². The Balaban J connectivity index is 1.40. The van der Waals surface area contributed by atoms with E-state index in [4.69, 9.17) is 14.2 Å². The lowest BCUT2D eigenvalue weighted by Gasteiger charge is -2.23. The van der Waals surface area contributed by atoms with Crippen LogP contribution in [0.1, 0.15) is 46.5 Å². The fraction of sp³-hybridized carbons (Fsp3) is 0.833. The highest BCUT2D eigenvalue weighted by Crippen LogP contribution is 2.57. The number of esters is 3. The van der Waals surface area contributed by atoms with Crippen LogP contribution in [-0.2, 0) is 28.6 Å². The maximum absolute atomic E-state index is 12.3. The summed E-state index contributed by atoms with van der Waals surface area (Å²) in [4.78, 5) is 36.1. The third kappa shape index (κ3) is 2.91. The minimum atomic E-state index is -0.487. The molecule has 6 heteroatoms. The summed E-state index contributed by atoms with van der Waals surface area (Å²) in [5, 5.41) is 0. The molecule has 0 aromatic rings. The lowest BCUT2D eigenvalue weighted by Crippen LogP contribution is -2.33. The molecule has 0 aromatic carbocycles. The van der Waals surface area contributed by atoms with Crippen molar-refractivity contribution in [1.29, 1.82) is 0 Å². The highest BCUT2D eigenvalue weighted by Gasteiger charge is 2.64. The van der Waals surface area contributed by atoms with Crippen LogP contribution in [0.3, 0.4) is 0 Å². The van der Waals surface area contributed by atoms with Gasteiger partial charge in [-0.15, -0.1) is 0 Å². The SMILES string of the molecule is CCC(C)(C)C(=O)OCCCOC(=O)C1C2CC3OC(=O)C1C3C2. The lowest BCUT2D eigenvalue weighted by molar-refractivity contribution is -0.158. The second-order valence-corrected chi connectivity index (χ2v) is 7.82. The van der Waals surface area contributed by atoms with E-state index < -0.39 is 5.41 Å². The van der Waals surface area contributed by atoms with Gasteiger partial charge in [0.2, 0.25) is 0 Å². The van der Waals surface area contributed by atoms with Gasteiger partial charge < -0.3 is 14.2 Å². The zero-order valence-corrected chi connectivity index (χ0v) is 14.6. The molecule has 0 aromatic heterocycles. The second kappa shape index (κ2) is 6.37. The summed E-state index contributed by atoms with van der Waals surface area (Å²) in [6, 6.07) is 0. The molecule has 2 saturated carbocycles. The van der Waals surface area contributed by atoms with Crippen molar-refractivity contribution in [3.63, 3.8) is 0 Å². The minimum Gasteiger partial charge on any atom is -0.465 e. The summed E-state index contributed by atoms with van der Waals surface area (Å²) in [5.74, 6) is -0.992. The Hall–Kier alpha value is -1.59. The lowest BCUT2D eigenvalue weighted by atomic mass is 9.80. The summed E-state index contributed by atoms with van der Waals surface area (Å²) in [6.45, 7) is 6.07. The van der Waals surface area contributed by atoms with Crippen LogP contribution in [-0.4, -0.2) is 37.2 Å². The van der Waals surface area contributed by atoms with Crippen molar-refractivity contribution in [2.45, 2.75) is 52.6 Å². The fourth-order valence-corrected chi connectivity index (χ4v) is 4.16. The van der Waals surface area contributed by atoms with Crippen molar-refractivity contribution in [2.75, 3.05) is 13.2 Å². The van der Waals surface area contributed by atoms with E-state index in [1.54, 1.807) is 0 Å². The molecule has 134 valence electrons. The van der Waals surface area contributed by atoms with Gasteiger partial charge in [-0.3, -0.25) is 14.4 Å². The van der Waals surface area contributed by atoms with E-state index in [1.807, 2.05) is 20.8 Å². The maximum atomic E-state index is 12.3. The molecule has 6 nitrogen and oxygen atoms in total. The zero-order valence-electron chi connectivity index (χ0n) is 14.6. The first kappa shape index (κ1) is 17.2. The summed E-state index contributed by atoms with van der Waals surface area (Å²) in [5.41, 5.74) is -0.487. The molecular formula is C18H26O6. The number of carbonyl (C=O) groups excluding carboxylic acids is 3. The van der Waals surface area contributed by atoms with E-state index in [-0.39, 0.29) is 60.9 Å².